The summed E-state index contributed by atoms with van der Waals surface area (Å²) in [6.45, 7) is 18.6. The number of fused-ring (bicyclic) bond motifs is 5. The zero-order chi connectivity index (χ0) is 23.7. The Bertz CT molecular complexity index is 830. The van der Waals surface area contributed by atoms with Gasteiger partial charge in [0.25, 0.3) is 0 Å². The first-order valence-electron chi connectivity index (χ1n) is 13.3. The van der Waals surface area contributed by atoms with E-state index in [0.717, 1.165) is 38.5 Å². The molecule has 2 heteroatoms. The molecule has 0 aromatic rings. The topological polar surface area (TPSA) is 37.3 Å². The van der Waals surface area contributed by atoms with Crippen molar-refractivity contribution >= 4 is 5.78 Å². The van der Waals surface area contributed by atoms with Gasteiger partial charge in [0, 0.05) is 11.8 Å². The Balaban J connectivity index is 1.67. The number of carbonyl (C=O) groups is 1. The molecule has 0 aromatic heterocycles. The van der Waals surface area contributed by atoms with E-state index in [-0.39, 0.29) is 27.8 Å². The lowest BCUT2D eigenvalue weighted by Crippen LogP contribution is -2.57. The Morgan fingerprint density at radius 2 is 1.88 bits per heavy atom. The largest absolute Gasteiger partial charge is 0.393 e. The molecule has 2 nitrogen and oxygen atoms in total. The molecule has 0 amide bonds. The standard InChI is InChI=1S/C30H48O2/c1-19(2)10-9-11-20(3)26-23(31)18-30(8)22-12-13-24-27(4,5)25(32)15-16-28(24,6)21(22)14-17-29(26,30)7/h10,12,20-21,23-24,26,31H,9,11,13-18H2,1-8H3/t20-,21+,23+,24+,26-,28?,29+,30-/m1/s1. The Morgan fingerprint density at radius 3 is 2.53 bits per heavy atom. The zero-order valence-electron chi connectivity index (χ0n) is 22.1. The van der Waals surface area contributed by atoms with E-state index < -0.39 is 0 Å². The van der Waals surface area contributed by atoms with Crippen LogP contribution in [0.1, 0.15) is 107 Å². The number of hydrogen-bond donors (Lipinski definition) is 1. The van der Waals surface area contributed by atoms with Crippen LogP contribution in [-0.4, -0.2) is 17.0 Å². The first-order valence-corrected chi connectivity index (χ1v) is 13.3. The third kappa shape index (κ3) is 3.25. The zero-order valence-corrected chi connectivity index (χ0v) is 22.1. The molecule has 3 fully saturated rings. The van der Waals surface area contributed by atoms with Crippen LogP contribution >= 0.6 is 0 Å². The average Bonchev–Trinajstić information content (AvgIpc) is 2.90. The van der Waals surface area contributed by atoms with Crippen molar-refractivity contribution in [1.29, 1.82) is 0 Å². The third-order valence-electron chi connectivity index (χ3n) is 11.4. The molecule has 32 heavy (non-hydrogen) atoms. The summed E-state index contributed by atoms with van der Waals surface area (Å²) in [6, 6.07) is 0. The maximum Gasteiger partial charge on any atom is 0.138 e. The van der Waals surface area contributed by atoms with E-state index in [1.165, 1.54) is 18.4 Å². The van der Waals surface area contributed by atoms with Crippen LogP contribution in [-0.2, 0) is 4.79 Å². The number of Topliss-reactive ketones (excluding diaryl/α,β-unsaturated/α-hetero) is 1. The van der Waals surface area contributed by atoms with Gasteiger partial charge in [0.2, 0.25) is 0 Å². The number of aliphatic hydroxyl groups excluding tert-OH is 1. The molecule has 1 N–H and O–H groups in total. The fourth-order valence-corrected chi connectivity index (χ4v) is 9.44. The second-order valence-electron chi connectivity index (χ2n) is 13.6. The highest BCUT2D eigenvalue weighted by Gasteiger charge is 2.67. The predicted molar refractivity (Wildman–Crippen MR) is 133 cm³/mol. The van der Waals surface area contributed by atoms with Crippen molar-refractivity contribution in [3.63, 3.8) is 0 Å². The highest BCUT2D eigenvalue weighted by molar-refractivity contribution is 5.85. The number of ketones is 1. The van der Waals surface area contributed by atoms with Crippen molar-refractivity contribution in [2.24, 2.45) is 45.3 Å². The summed E-state index contributed by atoms with van der Waals surface area (Å²) in [5, 5.41) is 11.4. The molecule has 1 unspecified atom stereocenters. The molecule has 180 valence electrons. The number of carbonyl (C=O) groups excluding carboxylic acids is 1. The van der Waals surface area contributed by atoms with E-state index in [1.54, 1.807) is 5.57 Å². The summed E-state index contributed by atoms with van der Waals surface area (Å²) < 4.78 is 0. The Labute approximate surface area is 197 Å². The van der Waals surface area contributed by atoms with Gasteiger partial charge >= 0.3 is 0 Å². The third-order valence-corrected chi connectivity index (χ3v) is 11.4. The van der Waals surface area contributed by atoms with Crippen molar-refractivity contribution in [2.75, 3.05) is 0 Å². The molecule has 0 radical (unpaired) electrons. The van der Waals surface area contributed by atoms with Crippen molar-refractivity contribution in [2.45, 2.75) is 113 Å². The van der Waals surface area contributed by atoms with Crippen LogP contribution in [0, 0.1) is 45.3 Å². The SMILES string of the molecule is CC(C)=CCC[C@@H](C)[C@@H]1[C@@H](O)C[C@]2(C)C3=CC[C@H]4C(C)(C)C(=O)CCC4(C)[C@H]3CC[C@@]12C. The second-order valence-corrected chi connectivity index (χ2v) is 13.6. The van der Waals surface area contributed by atoms with Gasteiger partial charge in [-0.3, -0.25) is 4.79 Å². The first-order chi connectivity index (χ1) is 14.8. The molecule has 8 atom stereocenters. The van der Waals surface area contributed by atoms with E-state index in [0.29, 0.717) is 29.5 Å². The van der Waals surface area contributed by atoms with Crippen LogP contribution < -0.4 is 0 Å². The van der Waals surface area contributed by atoms with Gasteiger partial charge in [-0.15, -0.1) is 0 Å². The van der Waals surface area contributed by atoms with Gasteiger partial charge in [0.1, 0.15) is 5.78 Å². The van der Waals surface area contributed by atoms with Crippen LogP contribution in [0.15, 0.2) is 23.3 Å². The summed E-state index contributed by atoms with van der Waals surface area (Å²) in [5.41, 5.74) is 3.27. The molecule has 0 heterocycles. The van der Waals surface area contributed by atoms with Crippen LogP contribution in [0.25, 0.3) is 0 Å². The molecular weight excluding hydrogens is 392 g/mol. The molecule has 4 aliphatic rings. The van der Waals surface area contributed by atoms with Crippen LogP contribution in [0.3, 0.4) is 0 Å². The van der Waals surface area contributed by atoms with Gasteiger partial charge in [-0.25, -0.2) is 0 Å². The van der Waals surface area contributed by atoms with Crippen molar-refractivity contribution in [1.82, 2.24) is 0 Å². The lowest BCUT2D eigenvalue weighted by molar-refractivity contribution is -0.146. The van der Waals surface area contributed by atoms with Crippen molar-refractivity contribution in [3.8, 4) is 0 Å². The number of rotatable bonds is 4. The Morgan fingerprint density at radius 1 is 1.19 bits per heavy atom. The summed E-state index contributed by atoms with van der Waals surface area (Å²) in [4.78, 5) is 12.8. The van der Waals surface area contributed by atoms with Crippen molar-refractivity contribution in [3.05, 3.63) is 23.3 Å². The smallest absolute Gasteiger partial charge is 0.138 e. The highest BCUT2D eigenvalue weighted by Crippen LogP contribution is 2.73. The monoisotopic (exact) mass is 440 g/mol. The number of hydrogen-bond acceptors (Lipinski definition) is 2. The molecule has 4 aliphatic carbocycles. The number of allylic oxidation sites excluding steroid dienone is 4. The van der Waals surface area contributed by atoms with Crippen LogP contribution in [0.2, 0.25) is 0 Å². The predicted octanol–water partition coefficient (Wildman–Crippen LogP) is 7.51. The molecule has 0 aliphatic heterocycles. The minimum atomic E-state index is -0.214. The van der Waals surface area contributed by atoms with Crippen LogP contribution in [0.5, 0.6) is 0 Å². The molecule has 0 bridgehead atoms. The van der Waals surface area contributed by atoms with Crippen LogP contribution in [0.4, 0.5) is 0 Å². The minimum absolute atomic E-state index is 0.0738. The molecule has 3 saturated carbocycles. The lowest BCUT2D eigenvalue weighted by Gasteiger charge is -2.63. The van der Waals surface area contributed by atoms with Gasteiger partial charge < -0.3 is 5.11 Å². The molecule has 0 saturated heterocycles. The Kier molecular flexibility index (Phi) is 5.93. The molecule has 4 rings (SSSR count). The fourth-order valence-electron chi connectivity index (χ4n) is 9.44. The molecule has 0 spiro atoms. The summed E-state index contributed by atoms with van der Waals surface area (Å²) in [6.07, 6.45) is 13.1. The van der Waals surface area contributed by atoms with Crippen molar-refractivity contribution < 1.29 is 9.90 Å². The molecular formula is C30H48O2. The fraction of sp³-hybridized carbons (Fsp3) is 0.833. The maximum atomic E-state index is 12.8. The highest BCUT2D eigenvalue weighted by atomic mass is 16.3. The second kappa shape index (κ2) is 7.82. The van der Waals surface area contributed by atoms with E-state index in [1.807, 2.05) is 0 Å². The quantitative estimate of drug-likeness (QED) is 0.459. The van der Waals surface area contributed by atoms with Gasteiger partial charge in [0.15, 0.2) is 0 Å². The van der Waals surface area contributed by atoms with Gasteiger partial charge in [-0.05, 0) is 98.7 Å². The Hall–Kier alpha value is -0.890. The van der Waals surface area contributed by atoms with E-state index in [2.05, 4.69) is 67.5 Å². The molecule has 0 aromatic carbocycles. The summed E-state index contributed by atoms with van der Waals surface area (Å²) >= 11 is 0. The van der Waals surface area contributed by atoms with Gasteiger partial charge in [0.05, 0.1) is 6.10 Å². The summed E-state index contributed by atoms with van der Waals surface area (Å²) in [7, 11) is 0. The van der Waals surface area contributed by atoms with E-state index in [9.17, 15) is 9.90 Å². The average molecular weight is 441 g/mol. The first kappa shape index (κ1) is 24.2. The van der Waals surface area contributed by atoms with E-state index >= 15 is 0 Å². The van der Waals surface area contributed by atoms with Gasteiger partial charge in [-0.1, -0.05) is 64.8 Å². The van der Waals surface area contributed by atoms with Gasteiger partial charge in [-0.2, -0.15) is 0 Å². The maximum absolute atomic E-state index is 12.8. The number of aliphatic hydroxyl groups is 1. The van der Waals surface area contributed by atoms with E-state index in [4.69, 9.17) is 0 Å². The minimum Gasteiger partial charge on any atom is -0.393 e. The lowest BCUT2D eigenvalue weighted by atomic mass is 9.41. The summed E-state index contributed by atoms with van der Waals surface area (Å²) in [5.74, 6) is 2.38. The normalized spacial score (nSPS) is 45.9.